The van der Waals surface area contributed by atoms with Gasteiger partial charge < -0.3 is 16.2 Å². The lowest BCUT2D eigenvalue weighted by Crippen LogP contribution is -2.25. The number of aromatic hydroxyl groups is 1. The van der Waals surface area contributed by atoms with Gasteiger partial charge in [0.1, 0.15) is 11.6 Å². The summed E-state index contributed by atoms with van der Waals surface area (Å²) in [6.45, 7) is 1.69. The van der Waals surface area contributed by atoms with Crippen LogP contribution in [0.3, 0.4) is 0 Å². The molecule has 5 heteroatoms. The number of nitrogen functional groups attached to an aromatic ring is 1. The van der Waals surface area contributed by atoms with E-state index in [1.165, 1.54) is 0 Å². The number of benzene rings is 1. The third-order valence-electron chi connectivity index (χ3n) is 3.04. The van der Waals surface area contributed by atoms with E-state index in [-0.39, 0.29) is 5.75 Å². The van der Waals surface area contributed by atoms with Crippen molar-refractivity contribution in [2.75, 3.05) is 12.3 Å². The second kappa shape index (κ2) is 3.78. The average Bonchev–Trinajstić information content (AvgIpc) is 2.68. The Morgan fingerprint density at radius 1 is 1.41 bits per heavy atom. The van der Waals surface area contributed by atoms with Crippen molar-refractivity contribution in [1.29, 1.82) is 0 Å². The highest BCUT2D eigenvalue weighted by molar-refractivity contribution is 5.49. The van der Waals surface area contributed by atoms with Crippen LogP contribution >= 0.6 is 0 Å². The minimum absolute atomic E-state index is 0.231. The number of phenolic OH excluding ortho intramolecular Hbond substituents is 1. The maximum absolute atomic E-state index is 9.50. The third kappa shape index (κ3) is 1.64. The summed E-state index contributed by atoms with van der Waals surface area (Å²) >= 11 is 0. The normalized spacial score (nSPS) is 14.6. The fraction of sp³-hybridized carbons (Fsp3) is 0.250. The van der Waals surface area contributed by atoms with Gasteiger partial charge in [0.2, 0.25) is 0 Å². The molecule has 0 aliphatic carbocycles. The highest BCUT2D eigenvalue weighted by atomic mass is 16.3. The Morgan fingerprint density at radius 2 is 2.29 bits per heavy atom. The van der Waals surface area contributed by atoms with Gasteiger partial charge in [0.15, 0.2) is 0 Å². The Morgan fingerprint density at radius 3 is 3.12 bits per heavy atom. The average molecular weight is 230 g/mol. The Bertz CT molecular complexity index is 562. The molecule has 0 bridgehead atoms. The molecule has 1 aliphatic heterocycles. The lowest BCUT2D eigenvalue weighted by atomic mass is 10.1. The van der Waals surface area contributed by atoms with E-state index < -0.39 is 0 Å². The van der Waals surface area contributed by atoms with Gasteiger partial charge in [0.05, 0.1) is 11.4 Å². The zero-order valence-corrected chi connectivity index (χ0v) is 9.35. The van der Waals surface area contributed by atoms with Gasteiger partial charge in [0.25, 0.3) is 0 Å². The van der Waals surface area contributed by atoms with E-state index in [0.29, 0.717) is 5.82 Å². The number of nitrogens with zero attached hydrogens (tertiary/aromatic N) is 2. The Balaban J connectivity index is 2.15. The molecular formula is C12H14N4O. The number of phenols is 1. The number of anilines is 1. The molecule has 4 N–H and O–H groups in total. The molecular weight excluding hydrogens is 216 g/mol. The van der Waals surface area contributed by atoms with Crippen molar-refractivity contribution in [1.82, 2.24) is 15.1 Å². The van der Waals surface area contributed by atoms with Gasteiger partial charge in [-0.15, -0.1) is 0 Å². The van der Waals surface area contributed by atoms with Crippen LogP contribution < -0.4 is 11.1 Å². The fourth-order valence-corrected chi connectivity index (χ4v) is 2.22. The topological polar surface area (TPSA) is 76.1 Å². The number of fused-ring (bicyclic) bond motifs is 1. The van der Waals surface area contributed by atoms with Gasteiger partial charge in [-0.1, -0.05) is 6.07 Å². The SMILES string of the molecule is Nc1nn(-c2cccc(O)c2)c2c1CCNC2. The van der Waals surface area contributed by atoms with Crippen molar-refractivity contribution in [3.8, 4) is 11.4 Å². The number of rotatable bonds is 1. The lowest BCUT2D eigenvalue weighted by Gasteiger charge is -2.15. The predicted octanol–water partition coefficient (Wildman–Crippen LogP) is 0.806. The molecule has 2 heterocycles. The molecule has 1 aromatic heterocycles. The van der Waals surface area contributed by atoms with Crippen LogP contribution in [0.2, 0.25) is 0 Å². The molecule has 17 heavy (non-hydrogen) atoms. The summed E-state index contributed by atoms with van der Waals surface area (Å²) in [6, 6.07) is 7.02. The van der Waals surface area contributed by atoms with Crippen LogP contribution in [-0.4, -0.2) is 21.4 Å². The molecule has 88 valence electrons. The predicted molar refractivity (Wildman–Crippen MR) is 65.1 cm³/mol. The molecule has 0 saturated heterocycles. The molecule has 5 nitrogen and oxygen atoms in total. The lowest BCUT2D eigenvalue weighted by molar-refractivity contribution is 0.474. The van der Waals surface area contributed by atoms with Crippen molar-refractivity contribution in [3.63, 3.8) is 0 Å². The third-order valence-corrected chi connectivity index (χ3v) is 3.04. The van der Waals surface area contributed by atoms with E-state index in [4.69, 9.17) is 5.73 Å². The van der Waals surface area contributed by atoms with Gasteiger partial charge in [-0.2, -0.15) is 5.10 Å². The zero-order chi connectivity index (χ0) is 11.8. The van der Waals surface area contributed by atoms with Gasteiger partial charge >= 0.3 is 0 Å². The molecule has 0 fully saturated rings. The van der Waals surface area contributed by atoms with Crippen molar-refractivity contribution < 1.29 is 5.11 Å². The largest absolute Gasteiger partial charge is 0.508 e. The quantitative estimate of drug-likeness (QED) is 0.677. The van der Waals surface area contributed by atoms with Gasteiger partial charge in [0, 0.05) is 18.2 Å². The molecule has 0 saturated carbocycles. The van der Waals surface area contributed by atoms with Gasteiger partial charge in [-0.3, -0.25) is 0 Å². The summed E-state index contributed by atoms with van der Waals surface area (Å²) in [4.78, 5) is 0. The maximum Gasteiger partial charge on any atom is 0.149 e. The van der Waals surface area contributed by atoms with Crippen LogP contribution in [0.4, 0.5) is 5.82 Å². The molecule has 0 spiro atoms. The fourth-order valence-electron chi connectivity index (χ4n) is 2.22. The first-order valence-corrected chi connectivity index (χ1v) is 5.62. The van der Waals surface area contributed by atoms with Crippen molar-refractivity contribution in [2.24, 2.45) is 0 Å². The maximum atomic E-state index is 9.50. The van der Waals surface area contributed by atoms with E-state index in [2.05, 4.69) is 10.4 Å². The summed E-state index contributed by atoms with van der Waals surface area (Å²) in [6.07, 6.45) is 0.903. The van der Waals surface area contributed by atoms with Crippen molar-refractivity contribution in [2.45, 2.75) is 13.0 Å². The Labute approximate surface area is 98.9 Å². The van der Waals surface area contributed by atoms with E-state index in [0.717, 1.165) is 36.5 Å². The minimum atomic E-state index is 0.231. The summed E-state index contributed by atoms with van der Waals surface area (Å²) in [5.74, 6) is 0.818. The minimum Gasteiger partial charge on any atom is -0.508 e. The number of aromatic nitrogens is 2. The van der Waals surface area contributed by atoms with Crippen LogP contribution in [0.15, 0.2) is 24.3 Å². The molecule has 0 unspecified atom stereocenters. The van der Waals surface area contributed by atoms with Crippen LogP contribution in [0, 0.1) is 0 Å². The van der Waals surface area contributed by atoms with Crippen molar-refractivity contribution >= 4 is 5.82 Å². The molecule has 1 aliphatic rings. The first-order valence-electron chi connectivity index (χ1n) is 5.62. The Kier molecular flexibility index (Phi) is 2.26. The summed E-state index contributed by atoms with van der Waals surface area (Å²) in [5.41, 5.74) is 8.95. The van der Waals surface area contributed by atoms with Crippen LogP contribution in [0.1, 0.15) is 11.3 Å². The smallest absolute Gasteiger partial charge is 0.149 e. The monoisotopic (exact) mass is 230 g/mol. The molecule has 1 aromatic carbocycles. The van der Waals surface area contributed by atoms with Gasteiger partial charge in [-0.05, 0) is 25.1 Å². The van der Waals surface area contributed by atoms with Crippen LogP contribution in [-0.2, 0) is 13.0 Å². The van der Waals surface area contributed by atoms with E-state index in [9.17, 15) is 5.11 Å². The zero-order valence-electron chi connectivity index (χ0n) is 9.35. The van der Waals surface area contributed by atoms with Gasteiger partial charge in [-0.25, -0.2) is 4.68 Å². The highest BCUT2D eigenvalue weighted by Gasteiger charge is 2.19. The molecule has 0 atom stereocenters. The number of nitrogens with one attached hydrogen (secondary N) is 1. The highest BCUT2D eigenvalue weighted by Crippen LogP contribution is 2.24. The molecule has 0 amide bonds. The van der Waals surface area contributed by atoms with E-state index in [1.54, 1.807) is 22.9 Å². The van der Waals surface area contributed by atoms with Crippen LogP contribution in [0.25, 0.3) is 5.69 Å². The molecule has 3 rings (SSSR count). The first kappa shape index (κ1) is 10.2. The molecule has 2 aromatic rings. The number of hydrogen-bond acceptors (Lipinski definition) is 4. The Hall–Kier alpha value is -2.01. The number of hydrogen-bond donors (Lipinski definition) is 3. The summed E-state index contributed by atoms with van der Waals surface area (Å²) in [5, 5.41) is 17.1. The second-order valence-electron chi connectivity index (χ2n) is 4.17. The van der Waals surface area contributed by atoms with Crippen LogP contribution in [0.5, 0.6) is 5.75 Å². The summed E-state index contributed by atoms with van der Waals surface area (Å²) < 4.78 is 1.80. The van der Waals surface area contributed by atoms with Crippen molar-refractivity contribution in [3.05, 3.63) is 35.5 Å². The number of nitrogens with two attached hydrogens (primary N) is 1. The first-order chi connectivity index (χ1) is 8.25. The standard InChI is InChI=1S/C12H14N4O/c13-12-10-4-5-14-7-11(10)16(15-12)8-2-1-3-9(17)6-8/h1-3,6,14,17H,4-5,7H2,(H2,13,15). The van der Waals surface area contributed by atoms with E-state index >= 15 is 0 Å². The van der Waals surface area contributed by atoms with E-state index in [1.807, 2.05) is 6.07 Å². The summed E-state index contributed by atoms with van der Waals surface area (Å²) in [7, 11) is 0. The second-order valence-corrected chi connectivity index (χ2v) is 4.17. The molecule has 0 radical (unpaired) electrons.